The van der Waals surface area contributed by atoms with Gasteiger partial charge in [-0.15, -0.1) is 0 Å². The fourth-order valence-electron chi connectivity index (χ4n) is 1.98. The van der Waals surface area contributed by atoms with Gasteiger partial charge in [-0.2, -0.15) is 0 Å². The Hall–Kier alpha value is -1.71. The quantitative estimate of drug-likeness (QED) is 0.529. The molecule has 1 aromatic rings. The average molecular weight is 314 g/mol. The van der Waals surface area contributed by atoms with E-state index >= 15 is 0 Å². The third-order valence-corrected chi connectivity index (χ3v) is 3.25. The maximum Gasteiger partial charge on any atom is 0.508 e. The molecule has 1 aromatic carbocycles. The van der Waals surface area contributed by atoms with E-state index in [1.807, 2.05) is 6.07 Å². The number of hydrogen-bond acceptors (Lipinski definition) is 8. The normalized spacial score (nSPS) is 31.5. The maximum atomic E-state index is 11.4. The van der Waals surface area contributed by atoms with Crippen LogP contribution < -0.4 is 0 Å². The molecule has 0 spiro atoms. The van der Waals surface area contributed by atoms with Gasteiger partial charge in [0.25, 0.3) is 0 Å². The van der Waals surface area contributed by atoms with Gasteiger partial charge >= 0.3 is 6.16 Å². The smallest absolute Gasteiger partial charge is 0.431 e. The largest absolute Gasteiger partial charge is 0.508 e. The molecule has 1 aliphatic heterocycles. The van der Waals surface area contributed by atoms with E-state index in [2.05, 4.69) is 0 Å². The fraction of sp³-hybridized carbons (Fsp3) is 0.500. The molecule has 5 atom stereocenters. The van der Waals surface area contributed by atoms with Crippen LogP contribution in [0.15, 0.2) is 30.3 Å². The summed E-state index contributed by atoms with van der Waals surface area (Å²) >= 11 is 0. The first kappa shape index (κ1) is 16.7. The predicted molar refractivity (Wildman–Crippen MR) is 71.5 cm³/mol. The predicted octanol–water partition coefficient (Wildman–Crippen LogP) is -0.860. The number of hydrogen-bond donors (Lipinski definition) is 4. The van der Waals surface area contributed by atoms with Crippen LogP contribution in [0.3, 0.4) is 0 Å². The van der Waals surface area contributed by atoms with Gasteiger partial charge in [-0.3, -0.25) is 0 Å². The molecule has 0 amide bonds. The van der Waals surface area contributed by atoms with Crippen LogP contribution in [0.5, 0.6) is 0 Å². The minimum absolute atomic E-state index is 0.0255. The van der Waals surface area contributed by atoms with E-state index in [0.29, 0.717) is 0 Å². The summed E-state index contributed by atoms with van der Waals surface area (Å²) in [5.74, 6) is 0. The highest BCUT2D eigenvalue weighted by molar-refractivity contribution is 5.59. The van der Waals surface area contributed by atoms with E-state index in [1.54, 1.807) is 24.3 Å². The van der Waals surface area contributed by atoms with Gasteiger partial charge < -0.3 is 34.6 Å². The van der Waals surface area contributed by atoms with Gasteiger partial charge in [0.2, 0.25) is 0 Å². The van der Waals surface area contributed by atoms with E-state index in [-0.39, 0.29) is 6.61 Å². The first-order chi connectivity index (χ1) is 10.5. The zero-order valence-electron chi connectivity index (χ0n) is 11.6. The summed E-state index contributed by atoms with van der Waals surface area (Å²) in [7, 11) is 0. The third kappa shape index (κ3) is 4.15. The van der Waals surface area contributed by atoms with Gasteiger partial charge in [0.15, 0.2) is 6.29 Å². The molecule has 8 heteroatoms. The molecule has 0 aromatic heterocycles. The molecule has 122 valence electrons. The van der Waals surface area contributed by atoms with Gasteiger partial charge in [0, 0.05) is 0 Å². The van der Waals surface area contributed by atoms with E-state index in [1.165, 1.54) is 0 Å². The number of carbonyl (C=O) groups is 1. The highest BCUT2D eigenvalue weighted by atomic mass is 16.7. The van der Waals surface area contributed by atoms with Crippen LogP contribution >= 0.6 is 0 Å². The number of carbonyl (C=O) groups excluding carboxylic acids is 1. The van der Waals surface area contributed by atoms with Crippen molar-refractivity contribution in [2.75, 3.05) is 6.61 Å². The molecule has 1 saturated heterocycles. The average Bonchev–Trinajstić information content (AvgIpc) is 2.54. The molecule has 0 radical (unpaired) electrons. The Morgan fingerprint density at radius 2 is 1.68 bits per heavy atom. The Balaban J connectivity index is 1.76. The van der Waals surface area contributed by atoms with E-state index in [9.17, 15) is 25.2 Å². The van der Waals surface area contributed by atoms with Crippen molar-refractivity contribution < 1.29 is 39.4 Å². The van der Waals surface area contributed by atoms with Crippen LogP contribution in [0.25, 0.3) is 0 Å². The Labute approximate surface area is 126 Å². The van der Waals surface area contributed by atoms with Gasteiger partial charge in [0.1, 0.15) is 37.6 Å². The van der Waals surface area contributed by atoms with Crippen molar-refractivity contribution in [3.8, 4) is 0 Å². The van der Waals surface area contributed by atoms with Crippen LogP contribution in [0, 0.1) is 0 Å². The molecule has 0 aliphatic carbocycles. The number of aliphatic hydroxyl groups excluding tert-OH is 4. The standard InChI is InChI=1S/C14H18O8/c15-10-9(22-13(18)12(17)11(10)16)7-21-14(19)20-6-8-4-2-1-3-5-8/h1-5,9-13,15-18H,6-7H2/t9-,10-,11+,12-,13?/m1/s1. The van der Waals surface area contributed by atoms with Crippen LogP contribution in [-0.2, 0) is 20.8 Å². The van der Waals surface area contributed by atoms with Crippen LogP contribution in [0.1, 0.15) is 5.56 Å². The summed E-state index contributed by atoms with van der Waals surface area (Å²) in [6, 6.07) is 8.97. The lowest BCUT2D eigenvalue weighted by Gasteiger charge is -2.37. The number of aliphatic hydroxyl groups is 4. The van der Waals surface area contributed by atoms with Gasteiger partial charge in [-0.25, -0.2) is 4.79 Å². The fourth-order valence-corrected chi connectivity index (χ4v) is 1.98. The zero-order valence-corrected chi connectivity index (χ0v) is 11.6. The molecule has 0 bridgehead atoms. The second kappa shape index (κ2) is 7.52. The molecule has 8 nitrogen and oxygen atoms in total. The van der Waals surface area contributed by atoms with E-state index < -0.39 is 43.5 Å². The highest BCUT2D eigenvalue weighted by Crippen LogP contribution is 2.20. The van der Waals surface area contributed by atoms with Crippen molar-refractivity contribution in [2.24, 2.45) is 0 Å². The lowest BCUT2D eigenvalue weighted by atomic mass is 9.99. The highest BCUT2D eigenvalue weighted by Gasteiger charge is 2.43. The van der Waals surface area contributed by atoms with E-state index in [4.69, 9.17) is 14.2 Å². The van der Waals surface area contributed by atoms with Crippen molar-refractivity contribution >= 4 is 6.16 Å². The lowest BCUT2D eigenvalue weighted by Crippen LogP contribution is -2.58. The van der Waals surface area contributed by atoms with Crippen molar-refractivity contribution in [2.45, 2.75) is 37.3 Å². The molecule has 1 unspecified atom stereocenters. The molecule has 1 fully saturated rings. The summed E-state index contributed by atoms with van der Waals surface area (Å²) in [6.07, 6.45) is -8.55. The number of benzene rings is 1. The molecular formula is C14H18O8. The summed E-state index contributed by atoms with van der Waals surface area (Å²) in [5, 5.41) is 37.8. The monoisotopic (exact) mass is 314 g/mol. The van der Waals surface area contributed by atoms with Gasteiger partial charge in [-0.1, -0.05) is 30.3 Å². The van der Waals surface area contributed by atoms with Crippen LogP contribution in [0.4, 0.5) is 4.79 Å². The SMILES string of the molecule is O=C(OCc1ccccc1)OC[C@H]1OC(O)[C@H](O)[C@@H](O)[C@@H]1O. The summed E-state index contributed by atoms with van der Waals surface area (Å²) in [6.45, 7) is -0.409. The Kier molecular flexibility index (Phi) is 5.69. The minimum atomic E-state index is -1.67. The Bertz CT molecular complexity index is 479. The van der Waals surface area contributed by atoms with Crippen molar-refractivity contribution in [3.05, 3.63) is 35.9 Å². The van der Waals surface area contributed by atoms with Crippen molar-refractivity contribution in [3.63, 3.8) is 0 Å². The molecule has 0 saturated carbocycles. The van der Waals surface area contributed by atoms with E-state index in [0.717, 1.165) is 5.56 Å². The molecule has 1 aliphatic rings. The van der Waals surface area contributed by atoms with Crippen molar-refractivity contribution in [1.29, 1.82) is 0 Å². The van der Waals surface area contributed by atoms with Crippen LogP contribution in [-0.4, -0.2) is 63.9 Å². The second-order valence-corrected chi connectivity index (χ2v) is 4.87. The third-order valence-electron chi connectivity index (χ3n) is 3.25. The lowest BCUT2D eigenvalue weighted by molar-refractivity contribution is -0.286. The molecule has 22 heavy (non-hydrogen) atoms. The Morgan fingerprint density at radius 1 is 1.00 bits per heavy atom. The number of ether oxygens (including phenoxy) is 3. The van der Waals surface area contributed by atoms with Gasteiger partial charge in [-0.05, 0) is 5.56 Å². The first-order valence-electron chi connectivity index (χ1n) is 6.70. The summed E-state index contributed by atoms with van der Waals surface area (Å²) in [5.41, 5.74) is 0.780. The second-order valence-electron chi connectivity index (χ2n) is 4.87. The minimum Gasteiger partial charge on any atom is -0.431 e. The van der Waals surface area contributed by atoms with Gasteiger partial charge in [0.05, 0.1) is 0 Å². The molecule has 1 heterocycles. The topological polar surface area (TPSA) is 126 Å². The Morgan fingerprint density at radius 3 is 2.36 bits per heavy atom. The zero-order chi connectivity index (χ0) is 16.1. The van der Waals surface area contributed by atoms with Crippen molar-refractivity contribution in [1.82, 2.24) is 0 Å². The summed E-state index contributed by atoms with van der Waals surface area (Å²) < 4.78 is 14.5. The molecular weight excluding hydrogens is 296 g/mol. The number of rotatable bonds is 4. The molecule has 4 N–H and O–H groups in total. The maximum absolute atomic E-state index is 11.4. The summed E-state index contributed by atoms with van der Waals surface area (Å²) in [4.78, 5) is 11.4. The van der Waals surface area contributed by atoms with Crippen LogP contribution in [0.2, 0.25) is 0 Å². The first-order valence-corrected chi connectivity index (χ1v) is 6.70. The molecule has 2 rings (SSSR count).